The first-order valence-corrected chi connectivity index (χ1v) is 4.95. The zero-order chi connectivity index (χ0) is 11.1. The quantitative estimate of drug-likeness (QED) is 0.647. The Bertz CT molecular complexity index is 230. The van der Waals surface area contributed by atoms with Gasteiger partial charge >= 0.3 is 0 Å². The molecule has 0 rings (SSSR count). The Morgan fingerprint density at radius 3 is 2.50 bits per heavy atom. The van der Waals surface area contributed by atoms with Gasteiger partial charge in [-0.15, -0.1) is 0 Å². The lowest BCUT2D eigenvalue weighted by molar-refractivity contribution is -0.117. The van der Waals surface area contributed by atoms with Crippen LogP contribution in [0.3, 0.4) is 0 Å². The molecule has 1 radical (unpaired) electrons. The van der Waals surface area contributed by atoms with E-state index in [4.69, 9.17) is 6.58 Å². The molecule has 0 saturated heterocycles. The molecule has 0 bridgehead atoms. The molecule has 14 heavy (non-hydrogen) atoms. The maximum Gasteiger partial charge on any atom is 0.246 e. The van der Waals surface area contributed by atoms with Crippen LogP contribution in [0.4, 0.5) is 0 Å². The van der Waals surface area contributed by atoms with E-state index < -0.39 is 0 Å². The summed E-state index contributed by atoms with van der Waals surface area (Å²) in [7, 11) is 0. The Morgan fingerprint density at radius 2 is 2.07 bits per heavy atom. The minimum Gasteiger partial charge on any atom is -0.352 e. The Balaban J connectivity index is 3.63. The smallest absolute Gasteiger partial charge is 0.246 e. The molecular formula is C12H20NO. The number of allylic oxidation sites excluding steroid dienone is 1. The largest absolute Gasteiger partial charge is 0.352 e. The van der Waals surface area contributed by atoms with E-state index in [1.165, 1.54) is 0 Å². The predicted octanol–water partition coefficient (Wildman–Crippen LogP) is 2.47. The van der Waals surface area contributed by atoms with Gasteiger partial charge in [0.1, 0.15) is 0 Å². The van der Waals surface area contributed by atoms with Crippen molar-refractivity contribution in [2.75, 3.05) is 6.54 Å². The minimum absolute atomic E-state index is 0.0645. The average Bonchev–Trinajstić information content (AvgIpc) is 2.10. The Labute approximate surface area is 87.1 Å². The maximum absolute atomic E-state index is 11.1. The van der Waals surface area contributed by atoms with Crippen LogP contribution in [0, 0.1) is 12.5 Å². The molecule has 79 valence electrons. The van der Waals surface area contributed by atoms with Crippen LogP contribution in [0.5, 0.6) is 0 Å². The van der Waals surface area contributed by atoms with Gasteiger partial charge in [-0.25, -0.2) is 0 Å². The molecule has 1 amide bonds. The average molecular weight is 194 g/mol. The SMILES string of the molecule is [CH]=C(C)CCC(C)CNC(=O)C(=C)C. The molecule has 1 atom stereocenters. The molecule has 0 aliphatic heterocycles. The van der Waals surface area contributed by atoms with Gasteiger partial charge in [-0.1, -0.05) is 25.7 Å². The summed E-state index contributed by atoms with van der Waals surface area (Å²) in [5.41, 5.74) is 1.50. The van der Waals surface area contributed by atoms with E-state index in [1.54, 1.807) is 6.92 Å². The Morgan fingerprint density at radius 1 is 1.50 bits per heavy atom. The van der Waals surface area contributed by atoms with E-state index in [-0.39, 0.29) is 5.91 Å². The molecule has 0 fully saturated rings. The fourth-order valence-corrected chi connectivity index (χ4v) is 0.994. The van der Waals surface area contributed by atoms with E-state index in [0.29, 0.717) is 18.0 Å². The van der Waals surface area contributed by atoms with Crippen molar-refractivity contribution >= 4 is 5.91 Å². The van der Waals surface area contributed by atoms with Gasteiger partial charge in [-0.05, 0) is 32.6 Å². The van der Waals surface area contributed by atoms with Crippen LogP contribution in [0.25, 0.3) is 0 Å². The van der Waals surface area contributed by atoms with Gasteiger partial charge in [-0.2, -0.15) is 0 Å². The molecule has 1 unspecified atom stereocenters. The number of carbonyl (C=O) groups is 1. The summed E-state index contributed by atoms with van der Waals surface area (Å²) < 4.78 is 0. The zero-order valence-electron chi connectivity index (χ0n) is 9.39. The van der Waals surface area contributed by atoms with Crippen molar-refractivity contribution in [3.8, 4) is 0 Å². The summed E-state index contributed by atoms with van der Waals surface area (Å²) in [6, 6.07) is 0. The maximum atomic E-state index is 11.1. The highest BCUT2D eigenvalue weighted by Crippen LogP contribution is 2.08. The highest BCUT2D eigenvalue weighted by Gasteiger charge is 2.05. The molecule has 0 heterocycles. The van der Waals surface area contributed by atoms with Gasteiger partial charge in [0.05, 0.1) is 0 Å². The molecule has 1 N–H and O–H groups in total. The summed E-state index contributed by atoms with van der Waals surface area (Å²) in [6.07, 6.45) is 1.93. The van der Waals surface area contributed by atoms with E-state index in [1.807, 2.05) is 6.92 Å². The number of rotatable bonds is 6. The second kappa shape index (κ2) is 6.41. The summed E-state index contributed by atoms with van der Waals surface area (Å²) in [5.74, 6) is 0.391. The molecule has 0 aliphatic carbocycles. The van der Waals surface area contributed by atoms with E-state index in [0.717, 1.165) is 18.4 Å². The third kappa shape index (κ3) is 6.46. The van der Waals surface area contributed by atoms with Crippen molar-refractivity contribution in [1.82, 2.24) is 5.32 Å². The topological polar surface area (TPSA) is 29.1 Å². The number of hydrogen-bond acceptors (Lipinski definition) is 1. The lowest BCUT2D eigenvalue weighted by atomic mass is 10.0. The van der Waals surface area contributed by atoms with Crippen molar-refractivity contribution in [2.45, 2.75) is 33.6 Å². The number of nitrogens with one attached hydrogen (secondary N) is 1. The number of hydrogen-bond donors (Lipinski definition) is 1. The van der Waals surface area contributed by atoms with Gasteiger partial charge in [0.25, 0.3) is 0 Å². The van der Waals surface area contributed by atoms with Crippen LogP contribution < -0.4 is 5.32 Å². The molecule has 2 heteroatoms. The number of amides is 1. The fraction of sp³-hybridized carbons (Fsp3) is 0.583. The van der Waals surface area contributed by atoms with Crippen LogP contribution in [0.15, 0.2) is 17.7 Å². The lowest BCUT2D eigenvalue weighted by Gasteiger charge is -2.12. The zero-order valence-corrected chi connectivity index (χ0v) is 9.39. The summed E-state index contributed by atoms with van der Waals surface area (Å²) in [5, 5.41) is 2.82. The molecular weight excluding hydrogens is 174 g/mol. The molecule has 0 aromatic heterocycles. The van der Waals surface area contributed by atoms with Crippen LogP contribution in [-0.2, 0) is 4.79 Å². The van der Waals surface area contributed by atoms with Gasteiger partial charge in [-0.3, -0.25) is 4.79 Å². The third-order valence-electron chi connectivity index (χ3n) is 2.03. The van der Waals surface area contributed by atoms with E-state index in [2.05, 4.69) is 18.8 Å². The normalized spacial score (nSPS) is 11.9. The first-order valence-electron chi connectivity index (χ1n) is 4.95. The summed E-state index contributed by atoms with van der Waals surface area (Å²) in [4.78, 5) is 11.1. The summed E-state index contributed by atoms with van der Waals surface area (Å²) in [6.45, 7) is 15.5. The van der Waals surface area contributed by atoms with E-state index in [9.17, 15) is 4.79 Å². The standard InChI is InChI=1S/C12H20NO/c1-9(2)6-7-11(5)8-13-12(14)10(3)4/h1,11H,3,6-8H2,2,4-5H3,(H,13,14). The lowest BCUT2D eigenvalue weighted by Crippen LogP contribution is -2.28. The monoisotopic (exact) mass is 194 g/mol. The van der Waals surface area contributed by atoms with Crippen molar-refractivity contribution in [2.24, 2.45) is 5.92 Å². The highest BCUT2D eigenvalue weighted by molar-refractivity contribution is 5.92. The van der Waals surface area contributed by atoms with Crippen LogP contribution in [0.2, 0.25) is 0 Å². The van der Waals surface area contributed by atoms with Crippen molar-refractivity contribution in [3.63, 3.8) is 0 Å². The highest BCUT2D eigenvalue weighted by atomic mass is 16.1. The molecule has 0 aliphatic rings. The van der Waals surface area contributed by atoms with Gasteiger partial charge in [0, 0.05) is 12.1 Å². The molecule has 0 aromatic carbocycles. The predicted molar refractivity (Wildman–Crippen MR) is 59.7 cm³/mol. The van der Waals surface area contributed by atoms with Crippen molar-refractivity contribution in [1.29, 1.82) is 0 Å². The molecule has 0 aromatic rings. The summed E-state index contributed by atoms with van der Waals surface area (Å²) >= 11 is 0. The molecule has 0 saturated carbocycles. The van der Waals surface area contributed by atoms with Crippen LogP contribution >= 0.6 is 0 Å². The fourth-order valence-electron chi connectivity index (χ4n) is 0.994. The number of carbonyl (C=O) groups excluding carboxylic acids is 1. The molecule has 0 spiro atoms. The molecule has 2 nitrogen and oxygen atoms in total. The van der Waals surface area contributed by atoms with Gasteiger partial charge in [0.15, 0.2) is 0 Å². The first kappa shape index (κ1) is 12.9. The Hall–Kier alpha value is -1.05. The van der Waals surface area contributed by atoms with Crippen LogP contribution in [-0.4, -0.2) is 12.5 Å². The van der Waals surface area contributed by atoms with Crippen molar-refractivity contribution < 1.29 is 4.79 Å². The third-order valence-corrected chi connectivity index (χ3v) is 2.03. The van der Waals surface area contributed by atoms with Crippen LogP contribution in [0.1, 0.15) is 33.6 Å². The van der Waals surface area contributed by atoms with Gasteiger partial charge < -0.3 is 5.32 Å². The van der Waals surface area contributed by atoms with Gasteiger partial charge in [0.2, 0.25) is 5.91 Å². The minimum atomic E-state index is -0.0645. The van der Waals surface area contributed by atoms with E-state index >= 15 is 0 Å². The second-order valence-electron chi connectivity index (χ2n) is 3.98. The first-order chi connectivity index (χ1) is 6.43. The Kier molecular flexibility index (Phi) is 5.93. The second-order valence-corrected chi connectivity index (χ2v) is 3.98. The van der Waals surface area contributed by atoms with Crippen molar-refractivity contribution in [3.05, 3.63) is 24.3 Å².